The molecular formula is C19H28N4O2S. The van der Waals surface area contributed by atoms with Crippen molar-refractivity contribution in [2.24, 2.45) is 4.99 Å². The number of nitrogens with zero attached hydrogens (tertiary/aromatic N) is 2. The van der Waals surface area contributed by atoms with Gasteiger partial charge in [-0.3, -0.25) is 4.99 Å². The van der Waals surface area contributed by atoms with Crippen LogP contribution in [0.25, 0.3) is 0 Å². The van der Waals surface area contributed by atoms with E-state index >= 15 is 0 Å². The Balaban J connectivity index is 1.80. The largest absolute Gasteiger partial charge is 0.493 e. The first kappa shape index (κ1) is 20.0. The van der Waals surface area contributed by atoms with Crippen molar-refractivity contribution in [1.82, 2.24) is 15.6 Å². The van der Waals surface area contributed by atoms with E-state index in [1.165, 1.54) is 0 Å². The van der Waals surface area contributed by atoms with E-state index in [9.17, 15) is 0 Å². The molecule has 1 aromatic carbocycles. The van der Waals surface area contributed by atoms with E-state index in [1.807, 2.05) is 31.2 Å². The molecule has 2 N–H and O–H groups in total. The zero-order chi connectivity index (χ0) is 18.9. The second kappa shape index (κ2) is 10.0. The van der Waals surface area contributed by atoms with Gasteiger partial charge in [0.1, 0.15) is 11.1 Å². The Kier molecular flexibility index (Phi) is 7.72. The van der Waals surface area contributed by atoms with E-state index in [4.69, 9.17) is 9.47 Å². The third-order valence-electron chi connectivity index (χ3n) is 3.75. The van der Waals surface area contributed by atoms with Gasteiger partial charge in [-0.05, 0) is 25.0 Å². The maximum atomic E-state index is 5.94. The molecule has 1 atom stereocenters. The van der Waals surface area contributed by atoms with Crippen LogP contribution in [0.3, 0.4) is 0 Å². The van der Waals surface area contributed by atoms with Crippen molar-refractivity contribution in [2.75, 3.05) is 20.7 Å². The van der Waals surface area contributed by atoms with Gasteiger partial charge >= 0.3 is 0 Å². The highest BCUT2D eigenvalue weighted by molar-refractivity contribution is 7.09. The van der Waals surface area contributed by atoms with E-state index in [1.54, 1.807) is 25.5 Å². The second-order valence-corrected chi connectivity index (χ2v) is 7.15. The lowest BCUT2D eigenvalue weighted by molar-refractivity contribution is 0.213. The van der Waals surface area contributed by atoms with Crippen LogP contribution in [-0.4, -0.2) is 37.7 Å². The van der Waals surface area contributed by atoms with Crippen LogP contribution < -0.4 is 20.1 Å². The summed E-state index contributed by atoms with van der Waals surface area (Å²) < 4.78 is 11.3. The smallest absolute Gasteiger partial charge is 0.191 e. The summed E-state index contributed by atoms with van der Waals surface area (Å²) in [6, 6.07) is 7.63. The van der Waals surface area contributed by atoms with Gasteiger partial charge in [0, 0.05) is 12.4 Å². The Hall–Kier alpha value is -2.28. The molecule has 0 aliphatic heterocycles. The summed E-state index contributed by atoms with van der Waals surface area (Å²) in [5.74, 6) is 2.63. The average Bonchev–Trinajstić information content (AvgIpc) is 3.11. The Bertz CT molecular complexity index is 715. The molecule has 0 spiro atoms. The van der Waals surface area contributed by atoms with Gasteiger partial charge in [0.2, 0.25) is 0 Å². The number of aromatic nitrogens is 1. The van der Waals surface area contributed by atoms with Gasteiger partial charge in [-0.1, -0.05) is 26.0 Å². The highest BCUT2D eigenvalue weighted by atomic mass is 32.1. The number of para-hydroxylation sites is 2. The predicted octanol–water partition coefficient (Wildman–Crippen LogP) is 3.41. The molecule has 26 heavy (non-hydrogen) atoms. The van der Waals surface area contributed by atoms with Gasteiger partial charge in [0.25, 0.3) is 0 Å². The maximum Gasteiger partial charge on any atom is 0.191 e. The van der Waals surface area contributed by atoms with E-state index in [0.717, 1.165) is 28.2 Å². The van der Waals surface area contributed by atoms with Gasteiger partial charge in [-0.2, -0.15) is 0 Å². The molecule has 0 aliphatic carbocycles. The number of hydrogen-bond acceptors (Lipinski definition) is 5. The average molecular weight is 377 g/mol. The Morgan fingerprint density at radius 3 is 2.54 bits per heavy atom. The summed E-state index contributed by atoms with van der Waals surface area (Å²) in [4.78, 5) is 8.87. The fourth-order valence-electron chi connectivity index (χ4n) is 2.27. The first-order valence-electron chi connectivity index (χ1n) is 8.72. The van der Waals surface area contributed by atoms with Gasteiger partial charge < -0.3 is 20.1 Å². The van der Waals surface area contributed by atoms with Gasteiger partial charge in [-0.15, -0.1) is 11.3 Å². The quantitative estimate of drug-likeness (QED) is 0.546. The zero-order valence-corrected chi connectivity index (χ0v) is 16.9. The van der Waals surface area contributed by atoms with E-state index in [2.05, 4.69) is 39.8 Å². The van der Waals surface area contributed by atoms with Crippen LogP contribution in [0.15, 0.2) is 34.6 Å². The molecule has 7 heteroatoms. The summed E-state index contributed by atoms with van der Waals surface area (Å²) in [5.41, 5.74) is 1.13. The summed E-state index contributed by atoms with van der Waals surface area (Å²) in [6.45, 7) is 7.57. The van der Waals surface area contributed by atoms with Crippen molar-refractivity contribution < 1.29 is 9.47 Å². The van der Waals surface area contributed by atoms with Crippen molar-refractivity contribution in [2.45, 2.75) is 39.3 Å². The third kappa shape index (κ3) is 5.91. The molecule has 0 amide bonds. The van der Waals surface area contributed by atoms with Gasteiger partial charge in [0.05, 0.1) is 25.9 Å². The van der Waals surface area contributed by atoms with E-state index in [0.29, 0.717) is 19.0 Å². The van der Waals surface area contributed by atoms with Crippen molar-refractivity contribution in [3.8, 4) is 11.5 Å². The minimum atomic E-state index is -0.0442. The number of guanidine groups is 1. The molecule has 2 aromatic rings. The molecule has 1 unspecified atom stereocenters. The minimum Gasteiger partial charge on any atom is -0.493 e. The standard InChI is InChI=1S/C19H28N4O2S/c1-13(2)15-12-26-18(23-15)11-22-19(20-4)21-10-14(3)25-17-9-7-6-8-16(17)24-5/h6-9,12-14H,10-11H2,1-5H3,(H2,20,21,22). The van der Waals surface area contributed by atoms with Crippen molar-refractivity contribution in [3.63, 3.8) is 0 Å². The van der Waals surface area contributed by atoms with Crippen LogP contribution in [0, 0.1) is 0 Å². The van der Waals surface area contributed by atoms with Crippen molar-refractivity contribution in [1.29, 1.82) is 0 Å². The first-order valence-corrected chi connectivity index (χ1v) is 9.60. The number of rotatable bonds is 8. The number of thiazole rings is 1. The fourth-order valence-corrected chi connectivity index (χ4v) is 3.16. The van der Waals surface area contributed by atoms with E-state index < -0.39 is 0 Å². The topological polar surface area (TPSA) is 67.8 Å². The lowest BCUT2D eigenvalue weighted by Gasteiger charge is -2.18. The highest BCUT2D eigenvalue weighted by Crippen LogP contribution is 2.26. The van der Waals surface area contributed by atoms with E-state index in [-0.39, 0.29) is 6.10 Å². The molecule has 0 fully saturated rings. The first-order chi connectivity index (χ1) is 12.5. The lowest BCUT2D eigenvalue weighted by Crippen LogP contribution is -2.41. The normalized spacial score (nSPS) is 12.8. The molecule has 0 radical (unpaired) electrons. The van der Waals surface area contributed by atoms with Crippen LogP contribution >= 0.6 is 11.3 Å². The van der Waals surface area contributed by atoms with Crippen molar-refractivity contribution >= 4 is 17.3 Å². The molecule has 0 saturated carbocycles. The van der Waals surface area contributed by atoms with Crippen LogP contribution in [0.2, 0.25) is 0 Å². The van der Waals surface area contributed by atoms with Crippen LogP contribution in [-0.2, 0) is 6.54 Å². The Labute approximate surface area is 159 Å². The second-order valence-electron chi connectivity index (χ2n) is 6.21. The molecule has 0 bridgehead atoms. The van der Waals surface area contributed by atoms with Crippen LogP contribution in [0.1, 0.15) is 37.4 Å². The number of benzene rings is 1. The molecule has 1 aromatic heterocycles. The fraction of sp³-hybridized carbons (Fsp3) is 0.474. The Morgan fingerprint density at radius 2 is 1.92 bits per heavy atom. The molecule has 2 rings (SSSR count). The molecule has 0 saturated heterocycles. The van der Waals surface area contributed by atoms with Gasteiger partial charge in [-0.25, -0.2) is 4.98 Å². The summed E-state index contributed by atoms with van der Waals surface area (Å²) in [7, 11) is 3.39. The number of methoxy groups -OCH3 is 1. The monoisotopic (exact) mass is 376 g/mol. The van der Waals surface area contributed by atoms with Crippen molar-refractivity contribution in [3.05, 3.63) is 40.3 Å². The summed E-state index contributed by atoms with van der Waals surface area (Å²) in [6.07, 6.45) is -0.0442. The number of hydrogen-bond donors (Lipinski definition) is 2. The van der Waals surface area contributed by atoms with Crippen LogP contribution in [0.5, 0.6) is 11.5 Å². The number of ether oxygens (including phenoxy) is 2. The molecule has 0 aliphatic rings. The maximum absolute atomic E-state index is 5.94. The highest BCUT2D eigenvalue weighted by Gasteiger charge is 2.10. The summed E-state index contributed by atoms with van der Waals surface area (Å²) in [5, 5.41) is 9.73. The number of nitrogens with one attached hydrogen (secondary N) is 2. The molecule has 6 nitrogen and oxygen atoms in total. The SMILES string of the molecule is CN=C(NCc1nc(C(C)C)cs1)NCC(C)Oc1ccccc1OC. The lowest BCUT2D eigenvalue weighted by atomic mass is 10.2. The third-order valence-corrected chi connectivity index (χ3v) is 4.61. The minimum absolute atomic E-state index is 0.0442. The zero-order valence-electron chi connectivity index (χ0n) is 16.1. The Morgan fingerprint density at radius 1 is 1.19 bits per heavy atom. The van der Waals surface area contributed by atoms with Crippen LogP contribution in [0.4, 0.5) is 0 Å². The molecule has 1 heterocycles. The van der Waals surface area contributed by atoms with Gasteiger partial charge in [0.15, 0.2) is 17.5 Å². The molecular weight excluding hydrogens is 348 g/mol. The number of aliphatic imine (C=N–C) groups is 1. The summed E-state index contributed by atoms with van der Waals surface area (Å²) >= 11 is 1.67. The molecule has 142 valence electrons. The predicted molar refractivity (Wildman–Crippen MR) is 107 cm³/mol.